The fourth-order valence-corrected chi connectivity index (χ4v) is 5.37. The summed E-state index contributed by atoms with van der Waals surface area (Å²) in [5.74, 6) is 1.33. The first kappa shape index (κ1) is 25.7. The van der Waals surface area contributed by atoms with Crippen LogP contribution in [0.25, 0.3) is 5.69 Å². The minimum absolute atomic E-state index is 0.00271. The number of aromatic nitrogens is 2. The topological polar surface area (TPSA) is 97.6 Å². The second-order valence-electron chi connectivity index (χ2n) is 9.22. The van der Waals surface area contributed by atoms with E-state index >= 15 is 0 Å². The van der Waals surface area contributed by atoms with Crippen LogP contribution in [0.4, 0.5) is 10.6 Å². The highest BCUT2D eigenvalue weighted by molar-refractivity contribution is 5.90. The van der Waals surface area contributed by atoms with Crippen LogP contribution in [-0.4, -0.2) is 53.9 Å². The lowest BCUT2D eigenvalue weighted by molar-refractivity contribution is 0.136. The third-order valence-corrected chi connectivity index (χ3v) is 7.05. The largest absolute Gasteiger partial charge is 0.477 e. The van der Waals surface area contributed by atoms with Crippen molar-refractivity contribution in [2.24, 2.45) is 11.8 Å². The van der Waals surface area contributed by atoms with Gasteiger partial charge in [-0.2, -0.15) is 0 Å². The van der Waals surface area contributed by atoms with E-state index in [1.165, 1.54) is 0 Å². The summed E-state index contributed by atoms with van der Waals surface area (Å²) >= 11 is 0. The van der Waals surface area contributed by atoms with Crippen LogP contribution in [0.2, 0.25) is 0 Å². The van der Waals surface area contributed by atoms with Crippen molar-refractivity contribution in [3.8, 4) is 11.6 Å². The zero-order chi connectivity index (χ0) is 25.5. The fourth-order valence-electron chi connectivity index (χ4n) is 5.37. The number of aliphatic hydroxyl groups is 1. The minimum atomic E-state index is -0.312. The number of nitrogens with zero attached hydrogens (tertiary/aromatic N) is 2. The SMILES string of the molecule is CCOc1nn(-c2ccccc2)c(NC(=O)N[C@@H]2C[C@@H](CCOC)[C@H](CO)[C@H]2c2ccccc2)c1C. The summed E-state index contributed by atoms with van der Waals surface area (Å²) in [6.45, 7) is 4.95. The second-order valence-corrected chi connectivity index (χ2v) is 9.22. The molecule has 0 saturated heterocycles. The second kappa shape index (κ2) is 12.1. The molecular formula is C28H36N4O4. The highest BCUT2D eigenvalue weighted by atomic mass is 16.5. The van der Waals surface area contributed by atoms with Gasteiger partial charge in [0.1, 0.15) is 5.82 Å². The van der Waals surface area contributed by atoms with Crippen molar-refractivity contribution in [2.75, 3.05) is 32.2 Å². The van der Waals surface area contributed by atoms with Gasteiger partial charge in [-0.05, 0) is 56.2 Å². The average Bonchev–Trinajstić information content (AvgIpc) is 3.40. The van der Waals surface area contributed by atoms with Crippen molar-refractivity contribution in [1.29, 1.82) is 0 Å². The lowest BCUT2D eigenvalue weighted by Crippen LogP contribution is -2.40. The first-order chi connectivity index (χ1) is 17.6. The van der Waals surface area contributed by atoms with E-state index in [2.05, 4.69) is 27.9 Å². The number of para-hydroxylation sites is 1. The van der Waals surface area contributed by atoms with Crippen molar-refractivity contribution < 1.29 is 19.4 Å². The Labute approximate surface area is 212 Å². The number of carbonyl (C=O) groups excluding carboxylic acids is 1. The summed E-state index contributed by atoms with van der Waals surface area (Å²) in [5.41, 5.74) is 2.70. The number of nitrogens with one attached hydrogen (secondary N) is 2. The van der Waals surface area contributed by atoms with E-state index in [-0.39, 0.29) is 36.4 Å². The van der Waals surface area contributed by atoms with Gasteiger partial charge in [-0.25, -0.2) is 9.48 Å². The van der Waals surface area contributed by atoms with Crippen LogP contribution in [0.1, 0.15) is 36.8 Å². The molecule has 3 aromatic rings. The smallest absolute Gasteiger partial charge is 0.320 e. The van der Waals surface area contributed by atoms with E-state index in [0.717, 1.165) is 29.7 Å². The van der Waals surface area contributed by atoms with E-state index in [1.807, 2.05) is 62.4 Å². The third kappa shape index (κ3) is 5.55. The third-order valence-electron chi connectivity index (χ3n) is 7.05. The van der Waals surface area contributed by atoms with Gasteiger partial charge in [0.05, 0.1) is 17.9 Å². The number of methoxy groups -OCH3 is 1. The summed E-state index contributed by atoms with van der Waals surface area (Å²) in [6.07, 6.45) is 1.60. The Morgan fingerprint density at radius 1 is 1.14 bits per heavy atom. The number of carbonyl (C=O) groups is 1. The lowest BCUT2D eigenvalue weighted by Gasteiger charge is -2.26. The minimum Gasteiger partial charge on any atom is -0.477 e. The molecule has 4 rings (SSSR count). The Morgan fingerprint density at radius 2 is 1.83 bits per heavy atom. The van der Waals surface area contributed by atoms with Gasteiger partial charge in [-0.15, -0.1) is 5.10 Å². The molecular weight excluding hydrogens is 456 g/mol. The zero-order valence-corrected chi connectivity index (χ0v) is 21.2. The van der Waals surface area contributed by atoms with Gasteiger partial charge in [0.2, 0.25) is 5.88 Å². The standard InChI is InChI=1S/C28H36N4O4/c1-4-36-27-19(2)26(32(31-27)22-13-9-6-10-14-22)30-28(34)29-24-17-21(15-16-35-3)23(18-33)25(24)20-11-7-5-8-12-20/h5-14,21,23-25,33H,4,15-18H2,1-3H3,(H2,29,30,34)/t21-,23+,24-,25-/m1/s1. The molecule has 2 aromatic carbocycles. The van der Waals surface area contributed by atoms with Crippen molar-refractivity contribution in [3.63, 3.8) is 0 Å². The number of amides is 2. The number of benzene rings is 2. The molecule has 8 heteroatoms. The Kier molecular flexibility index (Phi) is 8.61. The average molecular weight is 493 g/mol. The predicted octanol–water partition coefficient (Wildman–Crippen LogP) is 4.52. The normalized spacial score (nSPS) is 21.3. The molecule has 0 spiro atoms. The molecule has 36 heavy (non-hydrogen) atoms. The van der Waals surface area contributed by atoms with Gasteiger partial charge in [0.15, 0.2) is 0 Å². The molecule has 1 saturated carbocycles. The molecule has 192 valence electrons. The Balaban J connectivity index is 1.59. The molecule has 3 N–H and O–H groups in total. The molecule has 0 bridgehead atoms. The van der Waals surface area contributed by atoms with Crippen LogP contribution in [-0.2, 0) is 4.74 Å². The first-order valence-corrected chi connectivity index (χ1v) is 12.6. The van der Waals surface area contributed by atoms with Gasteiger partial charge in [-0.3, -0.25) is 5.32 Å². The molecule has 1 aliphatic carbocycles. The zero-order valence-electron chi connectivity index (χ0n) is 21.2. The number of hydrogen-bond donors (Lipinski definition) is 3. The van der Waals surface area contributed by atoms with Gasteiger partial charge < -0.3 is 19.9 Å². The Bertz CT molecular complexity index is 1120. The highest BCUT2D eigenvalue weighted by Gasteiger charge is 2.44. The number of anilines is 1. The van der Waals surface area contributed by atoms with E-state index in [9.17, 15) is 9.90 Å². The monoisotopic (exact) mass is 492 g/mol. The van der Waals surface area contributed by atoms with Gasteiger partial charge >= 0.3 is 6.03 Å². The van der Waals surface area contributed by atoms with Crippen LogP contribution in [0.15, 0.2) is 60.7 Å². The molecule has 2 amide bonds. The molecule has 8 nitrogen and oxygen atoms in total. The molecule has 1 aromatic heterocycles. The number of hydrogen-bond acceptors (Lipinski definition) is 5. The van der Waals surface area contributed by atoms with Crippen molar-refractivity contribution in [2.45, 2.75) is 38.6 Å². The lowest BCUT2D eigenvalue weighted by atomic mass is 9.83. The fraction of sp³-hybridized carbons (Fsp3) is 0.429. The number of aliphatic hydroxyl groups excluding tert-OH is 1. The summed E-state index contributed by atoms with van der Waals surface area (Å²) in [7, 11) is 1.69. The van der Waals surface area contributed by atoms with Gasteiger partial charge in [-0.1, -0.05) is 48.5 Å². The number of urea groups is 1. The molecule has 0 radical (unpaired) electrons. The molecule has 4 atom stereocenters. The Morgan fingerprint density at radius 3 is 2.47 bits per heavy atom. The van der Waals surface area contributed by atoms with Crippen LogP contribution in [0.3, 0.4) is 0 Å². The molecule has 1 fully saturated rings. The van der Waals surface area contributed by atoms with Crippen LogP contribution in [0.5, 0.6) is 5.88 Å². The molecule has 0 unspecified atom stereocenters. The Hall–Kier alpha value is -3.36. The van der Waals surface area contributed by atoms with Crippen molar-refractivity contribution in [1.82, 2.24) is 15.1 Å². The first-order valence-electron chi connectivity index (χ1n) is 12.6. The van der Waals surface area contributed by atoms with Crippen molar-refractivity contribution >= 4 is 11.8 Å². The summed E-state index contributed by atoms with van der Waals surface area (Å²) < 4.78 is 12.7. The maximum Gasteiger partial charge on any atom is 0.320 e. The van der Waals surface area contributed by atoms with Crippen LogP contribution in [0, 0.1) is 18.8 Å². The van der Waals surface area contributed by atoms with E-state index in [4.69, 9.17) is 9.47 Å². The van der Waals surface area contributed by atoms with Gasteiger partial charge in [0.25, 0.3) is 0 Å². The quantitative estimate of drug-likeness (QED) is 0.387. The number of rotatable bonds is 10. The summed E-state index contributed by atoms with van der Waals surface area (Å²) in [6, 6.07) is 19.3. The van der Waals surface area contributed by atoms with Crippen LogP contribution < -0.4 is 15.4 Å². The van der Waals surface area contributed by atoms with E-state index < -0.39 is 0 Å². The van der Waals surface area contributed by atoms with Crippen molar-refractivity contribution in [3.05, 3.63) is 71.8 Å². The highest BCUT2D eigenvalue weighted by Crippen LogP contribution is 2.45. The molecule has 1 aliphatic rings. The van der Waals surface area contributed by atoms with E-state index in [0.29, 0.717) is 24.9 Å². The summed E-state index contributed by atoms with van der Waals surface area (Å²) in [5, 5.41) is 21.1. The summed E-state index contributed by atoms with van der Waals surface area (Å²) in [4.78, 5) is 13.4. The van der Waals surface area contributed by atoms with Crippen LogP contribution >= 0.6 is 0 Å². The predicted molar refractivity (Wildman–Crippen MR) is 140 cm³/mol. The molecule has 0 aliphatic heterocycles. The number of ether oxygens (including phenoxy) is 2. The maximum absolute atomic E-state index is 13.4. The van der Waals surface area contributed by atoms with E-state index in [1.54, 1.807) is 11.8 Å². The maximum atomic E-state index is 13.4. The van der Waals surface area contributed by atoms with Gasteiger partial charge in [0, 0.05) is 32.3 Å². The molecule has 1 heterocycles.